The van der Waals surface area contributed by atoms with E-state index in [4.69, 9.17) is 4.74 Å². The highest BCUT2D eigenvalue weighted by atomic mass is 32.2. The van der Waals surface area contributed by atoms with Crippen molar-refractivity contribution < 1.29 is 27.5 Å². The summed E-state index contributed by atoms with van der Waals surface area (Å²) in [6.45, 7) is 0.860. The minimum absolute atomic E-state index is 0.00866. The molecule has 0 aliphatic heterocycles. The van der Waals surface area contributed by atoms with Gasteiger partial charge in [-0.2, -0.15) is 0 Å². The zero-order valence-corrected chi connectivity index (χ0v) is 16.5. The Kier molecular flexibility index (Phi) is 7.34. The van der Waals surface area contributed by atoms with Crippen LogP contribution in [0.25, 0.3) is 0 Å². The quantitative estimate of drug-likeness (QED) is 0.479. The Bertz CT molecular complexity index is 890. The van der Waals surface area contributed by atoms with E-state index in [1.807, 2.05) is 0 Å². The number of esters is 1. The number of carbonyl (C=O) groups excluding carboxylic acids is 2. The van der Waals surface area contributed by atoms with Crippen molar-refractivity contribution in [3.63, 3.8) is 0 Å². The van der Waals surface area contributed by atoms with E-state index in [0.29, 0.717) is 18.8 Å². The van der Waals surface area contributed by atoms with Crippen molar-refractivity contribution in [3.8, 4) is 0 Å². The molecule has 27 heavy (non-hydrogen) atoms. The molecule has 1 heterocycles. The number of rotatable bonds is 9. The lowest BCUT2D eigenvalue weighted by Gasteiger charge is -2.09. The molecule has 0 atom stereocenters. The summed E-state index contributed by atoms with van der Waals surface area (Å²) < 4.78 is 36.9. The molecule has 0 fully saturated rings. The molecule has 10 heteroatoms. The minimum atomic E-state index is -3.94. The summed E-state index contributed by atoms with van der Waals surface area (Å²) in [7, 11) is -1.20. The fourth-order valence-corrected chi connectivity index (χ4v) is 4.59. The maximum absolute atomic E-state index is 12.5. The topological polar surface area (TPSA) is 111 Å². The number of hydrogen-bond acceptors (Lipinski definition) is 7. The lowest BCUT2D eigenvalue weighted by atomic mass is 10.1. The lowest BCUT2D eigenvalue weighted by Crippen LogP contribution is -2.28. The molecule has 0 radical (unpaired) electrons. The highest BCUT2D eigenvalue weighted by Crippen LogP contribution is 2.25. The molecule has 146 valence electrons. The molecule has 0 aliphatic carbocycles. The normalized spacial score (nSPS) is 11.0. The Morgan fingerprint density at radius 3 is 2.44 bits per heavy atom. The zero-order valence-electron chi connectivity index (χ0n) is 14.9. The molecular formula is C17H20N2O6S2. The Morgan fingerprint density at radius 1 is 1.11 bits per heavy atom. The molecule has 2 aromatic rings. The predicted octanol–water partition coefficient (Wildman–Crippen LogP) is 1.64. The van der Waals surface area contributed by atoms with Crippen LogP contribution in [0.4, 0.5) is 5.69 Å². The van der Waals surface area contributed by atoms with Gasteiger partial charge in [0.2, 0.25) is 5.91 Å². The smallest absolute Gasteiger partial charge is 0.349 e. The van der Waals surface area contributed by atoms with E-state index in [1.54, 1.807) is 31.4 Å². The van der Waals surface area contributed by atoms with E-state index < -0.39 is 16.0 Å². The van der Waals surface area contributed by atoms with Crippen molar-refractivity contribution in [2.24, 2.45) is 0 Å². The Labute approximate surface area is 161 Å². The number of anilines is 1. The number of carbonyl (C=O) groups is 2. The maximum atomic E-state index is 12.5. The first-order chi connectivity index (χ1) is 12.9. The second-order valence-electron chi connectivity index (χ2n) is 5.43. The highest BCUT2D eigenvalue weighted by molar-refractivity contribution is 7.93. The van der Waals surface area contributed by atoms with Crippen LogP contribution in [0, 0.1) is 0 Å². The van der Waals surface area contributed by atoms with Gasteiger partial charge in [0.1, 0.15) is 9.77 Å². The molecule has 0 unspecified atom stereocenters. The molecule has 1 amide bonds. The van der Waals surface area contributed by atoms with Crippen molar-refractivity contribution in [1.29, 1.82) is 0 Å². The van der Waals surface area contributed by atoms with Gasteiger partial charge in [0, 0.05) is 19.3 Å². The summed E-state index contributed by atoms with van der Waals surface area (Å²) in [6, 6.07) is 7.77. The minimum Gasteiger partial charge on any atom is -0.465 e. The number of sulfonamides is 1. The largest absolute Gasteiger partial charge is 0.465 e. The first kappa shape index (κ1) is 20.9. The van der Waals surface area contributed by atoms with Gasteiger partial charge < -0.3 is 14.8 Å². The summed E-state index contributed by atoms with van der Waals surface area (Å²) >= 11 is 0.990. The summed E-state index contributed by atoms with van der Waals surface area (Å²) in [4.78, 5) is 23.3. The van der Waals surface area contributed by atoms with Crippen LogP contribution in [0.1, 0.15) is 15.2 Å². The Hall–Kier alpha value is -2.43. The molecule has 0 saturated heterocycles. The average Bonchev–Trinajstić information content (AvgIpc) is 3.13. The van der Waals surface area contributed by atoms with Gasteiger partial charge in [0.05, 0.1) is 20.1 Å². The monoisotopic (exact) mass is 412 g/mol. The second kappa shape index (κ2) is 9.49. The average molecular weight is 412 g/mol. The highest BCUT2D eigenvalue weighted by Gasteiger charge is 2.24. The van der Waals surface area contributed by atoms with Crippen molar-refractivity contribution >= 4 is 38.9 Å². The number of benzene rings is 1. The number of ether oxygens (including phenoxy) is 2. The van der Waals surface area contributed by atoms with Gasteiger partial charge in [-0.1, -0.05) is 12.1 Å². The molecule has 0 aliphatic rings. The second-order valence-corrected chi connectivity index (χ2v) is 7.99. The standard InChI is InChI=1S/C17H20N2O6S2/c1-24-9-8-18-15(20)11-12-3-5-13(6-4-12)19-27(22,23)14-7-10-26-16(14)17(21)25-2/h3-7,10,19H,8-9,11H2,1-2H3,(H,18,20). The van der Waals surface area contributed by atoms with E-state index in [-0.39, 0.29) is 22.1 Å². The number of amides is 1. The first-order valence-electron chi connectivity index (χ1n) is 7.90. The third-order valence-corrected chi connectivity index (χ3v) is 5.94. The summed E-state index contributed by atoms with van der Waals surface area (Å²) in [5, 5.41) is 4.21. The molecular weight excluding hydrogens is 392 g/mol. The van der Waals surface area contributed by atoms with Crippen LogP contribution in [-0.2, 0) is 30.7 Å². The van der Waals surface area contributed by atoms with Crippen molar-refractivity contribution in [2.75, 3.05) is 32.1 Å². The van der Waals surface area contributed by atoms with Gasteiger partial charge in [0.25, 0.3) is 10.0 Å². The van der Waals surface area contributed by atoms with Gasteiger partial charge >= 0.3 is 5.97 Å². The van der Waals surface area contributed by atoms with Crippen molar-refractivity contribution in [3.05, 3.63) is 46.2 Å². The predicted molar refractivity (Wildman–Crippen MR) is 101 cm³/mol. The van der Waals surface area contributed by atoms with E-state index >= 15 is 0 Å². The third-order valence-electron chi connectivity index (χ3n) is 3.49. The molecule has 0 bridgehead atoms. The van der Waals surface area contributed by atoms with Gasteiger partial charge in [-0.05, 0) is 29.1 Å². The first-order valence-corrected chi connectivity index (χ1v) is 10.3. The number of methoxy groups -OCH3 is 2. The number of thiophene rings is 1. The van der Waals surface area contributed by atoms with Crippen LogP contribution >= 0.6 is 11.3 Å². The molecule has 1 aromatic heterocycles. The third kappa shape index (κ3) is 5.78. The zero-order chi connectivity index (χ0) is 19.9. The molecule has 1 aromatic carbocycles. The van der Waals surface area contributed by atoms with Gasteiger partial charge in [-0.15, -0.1) is 11.3 Å². The summed E-state index contributed by atoms with van der Waals surface area (Å²) in [5.41, 5.74) is 1.05. The maximum Gasteiger partial charge on any atom is 0.349 e. The van der Waals surface area contributed by atoms with E-state index in [1.165, 1.54) is 18.6 Å². The van der Waals surface area contributed by atoms with Gasteiger partial charge in [0.15, 0.2) is 0 Å². The van der Waals surface area contributed by atoms with E-state index in [0.717, 1.165) is 16.9 Å². The van der Waals surface area contributed by atoms with Crippen molar-refractivity contribution in [1.82, 2.24) is 5.32 Å². The Morgan fingerprint density at radius 2 is 1.81 bits per heavy atom. The van der Waals surface area contributed by atoms with E-state index in [9.17, 15) is 18.0 Å². The van der Waals surface area contributed by atoms with Crippen LogP contribution in [0.5, 0.6) is 0 Å². The van der Waals surface area contributed by atoms with Crippen LogP contribution in [-0.4, -0.2) is 47.7 Å². The van der Waals surface area contributed by atoms with Crippen LogP contribution in [0.2, 0.25) is 0 Å². The van der Waals surface area contributed by atoms with Crippen LogP contribution in [0.3, 0.4) is 0 Å². The van der Waals surface area contributed by atoms with Crippen LogP contribution < -0.4 is 10.0 Å². The van der Waals surface area contributed by atoms with E-state index in [2.05, 4.69) is 14.8 Å². The summed E-state index contributed by atoms with van der Waals surface area (Å²) in [6.07, 6.45) is 0.174. The molecule has 0 saturated carbocycles. The fourth-order valence-electron chi connectivity index (χ4n) is 2.19. The van der Waals surface area contributed by atoms with Gasteiger partial charge in [-0.25, -0.2) is 13.2 Å². The summed E-state index contributed by atoms with van der Waals surface area (Å²) in [5.74, 6) is -0.860. The molecule has 2 rings (SSSR count). The number of hydrogen-bond donors (Lipinski definition) is 2. The Balaban J connectivity index is 2.04. The van der Waals surface area contributed by atoms with Crippen molar-refractivity contribution in [2.45, 2.75) is 11.3 Å². The SMILES string of the molecule is COCCNC(=O)Cc1ccc(NS(=O)(=O)c2ccsc2C(=O)OC)cc1. The molecule has 2 N–H and O–H groups in total. The number of nitrogens with one attached hydrogen (secondary N) is 2. The fraction of sp³-hybridized carbons (Fsp3) is 0.294. The molecule has 0 spiro atoms. The van der Waals surface area contributed by atoms with Gasteiger partial charge in [-0.3, -0.25) is 9.52 Å². The lowest BCUT2D eigenvalue weighted by molar-refractivity contribution is -0.120. The molecule has 8 nitrogen and oxygen atoms in total. The van der Waals surface area contributed by atoms with Crippen LogP contribution in [0.15, 0.2) is 40.6 Å².